The lowest BCUT2D eigenvalue weighted by Crippen LogP contribution is -2.53. The molecule has 4 fully saturated rings. The molecule has 0 unspecified atom stereocenters. The van der Waals surface area contributed by atoms with E-state index in [0.717, 1.165) is 25.7 Å². The standard InChI is InChI=1S/C21H30O2/c1-4-13-11-18(23)21(3)10-8-17-16(19(13)21)6-5-14-12-15(22)7-9-20(14,17)2/h4,14,16-17,19H,5-12H2,1-3H3/b13-4+/t14-,16+,17-,19-,20-,21+/m0/s1. The summed E-state index contributed by atoms with van der Waals surface area (Å²) in [6, 6.07) is 0. The zero-order chi connectivity index (χ0) is 16.4. The first-order valence-electron chi connectivity index (χ1n) is 9.60. The fourth-order valence-electron chi connectivity index (χ4n) is 7.03. The van der Waals surface area contributed by atoms with Crippen LogP contribution in [0, 0.1) is 34.5 Å². The molecular weight excluding hydrogens is 284 g/mol. The Hall–Kier alpha value is -0.920. The lowest BCUT2D eigenvalue weighted by atomic mass is 9.45. The SMILES string of the molecule is C/C=C1\CC(=O)[C@@]2(C)CC[C@H]3[C@@H](CC[C@H]4CC(=O)CC[C@@]43C)[C@H]12. The molecule has 0 bridgehead atoms. The smallest absolute Gasteiger partial charge is 0.143 e. The van der Waals surface area contributed by atoms with Gasteiger partial charge in [-0.1, -0.05) is 25.5 Å². The quantitative estimate of drug-likeness (QED) is 0.606. The maximum atomic E-state index is 12.7. The highest BCUT2D eigenvalue weighted by Crippen LogP contribution is 2.66. The molecule has 0 aliphatic heterocycles. The molecule has 4 saturated carbocycles. The molecule has 0 N–H and O–H groups in total. The van der Waals surface area contributed by atoms with E-state index in [0.29, 0.717) is 47.1 Å². The van der Waals surface area contributed by atoms with Gasteiger partial charge in [0.15, 0.2) is 0 Å². The van der Waals surface area contributed by atoms with Gasteiger partial charge >= 0.3 is 0 Å². The van der Waals surface area contributed by atoms with Crippen molar-refractivity contribution in [3.63, 3.8) is 0 Å². The summed E-state index contributed by atoms with van der Waals surface area (Å²) < 4.78 is 0. The Morgan fingerprint density at radius 1 is 1.09 bits per heavy atom. The van der Waals surface area contributed by atoms with Gasteiger partial charge in [0.2, 0.25) is 0 Å². The average molecular weight is 314 g/mol. The van der Waals surface area contributed by atoms with E-state index in [9.17, 15) is 9.59 Å². The van der Waals surface area contributed by atoms with Gasteiger partial charge in [-0.3, -0.25) is 9.59 Å². The van der Waals surface area contributed by atoms with Gasteiger partial charge in [-0.25, -0.2) is 0 Å². The van der Waals surface area contributed by atoms with Crippen LogP contribution in [0.3, 0.4) is 0 Å². The lowest BCUT2D eigenvalue weighted by molar-refractivity contribution is -0.142. The Bertz CT molecular complexity index is 589. The Morgan fingerprint density at radius 2 is 1.87 bits per heavy atom. The second-order valence-electron chi connectivity index (χ2n) is 9.19. The summed E-state index contributed by atoms with van der Waals surface area (Å²) in [5.74, 6) is 3.43. The molecule has 6 atom stereocenters. The van der Waals surface area contributed by atoms with E-state index in [2.05, 4.69) is 26.8 Å². The normalized spacial score (nSPS) is 51.3. The number of allylic oxidation sites excluding steroid dienone is 2. The molecular formula is C21H30O2. The van der Waals surface area contributed by atoms with Gasteiger partial charge in [-0.2, -0.15) is 0 Å². The van der Waals surface area contributed by atoms with E-state index in [1.807, 2.05) is 0 Å². The number of Topliss-reactive ketones (excluding diaryl/α,β-unsaturated/α-hetero) is 2. The fraction of sp³-hybridized carbons (Fsp3) is 0.810. The summed E-state index contributed by atoms with van der Waals surface area (Å²) in [5, 5.41) is 0. The van der Waals surface area contributed by atoms with Crippen molar-refractivity contribution < 1.29 is 9.59 Å². The van der Waals surface area contributed by atoms with Crippen molar-refractivity contribution in [1.29, 1.82) is 0 Å². The third kappa shape index (κ3) is 1.99. The molecule has 4 aliphatic rings. The fourth-order valence-corrected chi connectivity index (χ4v) is 7.03. The highest BCUT2D eigenvalue weighted by Gasteiger charge is 2.61. The van der Waals surface area contributed by atoms with Crippen molar-refractivity contribution in [2.45, 2.75) is 72.1 Å². The van der Waals surface area contributed by atoms with Gasteiger partial charge in [0.25, 0.3) is 0 Å². The zero-order valence-corrected chi connectivity index (χ0v) is 14.9. The summed E-state index contributed by atoms with van der Waals surface area (Å²) in [4.78, 5) is 24.6. The summed E-state index contributed by atoms with van der Waals surface area (Å²) >= 11 is 0. The molecule has 0 saturated heterocycles. The molecule has 2 nitrogen and oxygen atoms in total. The van der Waals surface area contributed by atoms with Crippen LogP contribution in [0.2, 0.25) is 0 Å². The van der Waals surface area contributed by atoms with Gasteiger partial charge in [0.05, 0.1) is 0 Å². The number of rotatable bonds is 0. The Labute approximate surface area is 140 Å². The van der Waals surface area contributed by atoms with Crippen LogP contribution in [0.5, 0.6) is 0 Å². The van der Waals surface area contributed by atoms with Crippen molar-refractivity contribution in [3.05, 3.63) is 11.6 Å². The molecule has 0 heterocycles. The van der Waals surface area contributed by atoms with E-state index in [1.54, 1.807) is 0 Å². The van der Waals surface area contributed by atoms with E-state index < -0.39 is 0 Å². The minimum Gasteiger partial charge on any atom is -0.300 e. The summed E-state index contributed by atoms with van der Waals surface area (Å²) in [6.07, 6.45) is 10.3. The maximum Gasteiger partial charge on any atom is 0.143 e. The van der Waals surface area contributed by atoms with Gasteiger partial charge < -0.3 is 0 Å². The Kier molecular flexibility index (Phi) is 3.42. The lowest BCUT2D eigenvalue weighted by Gasteiger charge is -2.59. The summed E-state index contributed by atoms with van der Waals surface area (Å²) in [5.41, 5.74) is 1.65. The number of carbonyl (C=O) groups excluding carboxylic acids is 2. The van der Waals surface area contributed by atoms with Crippen molar-refractivity contribution in [3.8, 4) is 0 Å². The van der Waals surface area contributed by atoms with Gasteiger partial charge in [0.1, 0.15) is 11.6 Å². The highest BCUT2D eigenvalue weighted by atomic mass is 16.1. The van der Waals surface area contributed by atoms with Crippen molar-refractivity contribution in [2.24, 2.45) is 34.5 Å². The number of ketones is 2. The van der Waals surface area contributed by atoms with Crippen LogP contribution >= 0.6 is 0 Å². The van der Waals surface area contributed by atoms with Crippen LogP contribution in [0.1, 0.15) is 72.1 Å². The van der Waals surface area contributed by atoms with Gasteiger partial charge in [-0.05, 0) is 68.1 Å². The molecule has 126 valence electrons. The predicted octanol–water partition coefficient (Wildman–Crippen LogP) is 4.72. The number of hydrogen-bond donors (Lipinski definition) is 0. The first kappa shape index (κ1) is 15.6. The molecule has 2 heteroatoms. The summed E-state index contributed by atoms with van der Waals surface area (Å²) in [6.45, 7) is 6.83. The third-order valence-corrected chi connectivity index (χ3v) is 8.42. The van der Waals surface area contributed by atoms with Crippen LogP contribution in [0.4, 0.5) is 0 Å². The molecule has 4 aliphatic carbocycles. The van der Waals surface area contributed by atoms with Crippen LogP contribution in [0.15, 0.2) is 11.6 Å². The van der Waals surface area contributed by atoms with Crippen LogP contribution in [-0.2, 0) is 9.59 Å². The molecule has 0 aromatic carbocycles. The zero-order valence-electron chi connectivity index (χ0n) is 14.9. The second-order valence-corrected chi connectivity index (χ2v) is 9.19. The van der Waals surface area contributed by atoms with E-state index in [1.165, 1.54) is 24.8 Å². The summed E-state index contributed by atoms with van der Waals surface area (Å²) in [7, 11) is 0. The molecule has 0 spiro atoms. The topological polar surface area (TPSA) is 34.1 Å². The Morgan fingerprint density at radius 3 is 2.61 bits per heavy atom. The van der Waals surface area contributed by atoms with E-state index in [-0.39, 0.29) is 5.41 Å². The molecule has 0 aromatic rings. The molecule has 0 amide bonds. The highest BCUT2D eigenvalue weighted by molar-refractivity contribution is 5.91. The average Bonchev–Trinajstić information content (AvgIpc) is 2.79. The van der Waals surface area contributed by atoms with Crippen molar-refractivity contribution >= 4 is 11.6 Å². The first-order valence-corrected chi connectivity index (χ1v) is 9.60. The van der Waals surface area contributed by atoms with E-state index >= 15 is 0 Å². The molecule has 0 radical (unpaired) electrons. The second kappa shape index (κ2) is 5.04. The monoisotopic (exact) mass is 314 g/mol. The van der Waals surface area contributed by atoms with Crippen molar-refractivity contribution in [2.75, 3.05) is 0 Å². The number of hydrogen-bond acceptors (Lipinski definition) is 2. The molecule has 0 aromatic heterocycles. The van der Waals surface area contributed by atoms with E-state index in [4.69, 9.17) is 0 Å². The predicted molar refractivity (Wildman–Crippen MR) is 90.9 cm³/mol. The maximum absolute atomic E-state index is 12.7. The largest absolute Gasteiger partial charge is 0.300 e. The molecule has 23 heavy (non-hydrogen) atoms. The van der Waals surface area contributed by atoms with Gasteiger partial charge in [0, 0.05) is 24.7 Å². The van der Waals surface area contributed by atoms with Crippen LogP contribution < -0.4 is 0 Å². The third-order valence-electron chi connectivity index (χ3n) is 8.42. The van der Waals surface area contributed by atoms with Crippen LogP contribution in [0.25, 0.3) is 0 Å². The number of fused-ring (bicyclic) bond motifs is 5. The van der Waals surface area contributed by atoms with Gasteiger partial charge in [-0.15, -0.1) is 0 Å². The molecule has 4 rings (SSSR count). The van der Waals surface area contributed by atoms with Crippen molar-refractivity contribution in [1.82, 2.24) is 0 Å². The minimum atomic E-state index is -0.101. The minimum absolute atomic E-state index is 0.101. The number of carbonyl (C=O) groups is 2. The Balaban J connectivity index is 1.71. The first-order chi connectivity index (χ1) is 10.9. The van der Waals surface area contributed by atoms with Crippen LogP contribution in [-0.4, -0.2) is 11.6 Å².